The number of ether oxygens (including phenoxy) is 1. The molecule has 1 aromatic carbocycles. The van der Waals surface area contributed by atoms with Crippen molar-refractivity contribution in [3.05, 3.63) is 29.2 Å². The van der Waals surface area contributed by atoms with Crippen LogP contribution in [0.5, 0.6) is 5.75 Å². The fourth-order valence-corrected chi connectivity index (χ4v) is 1.51. The molecule has 1 aromatic heterocycles. The molecule has 0 amide bonds. The number of benzene rings is 1. The zero-order valence-corrected chi connectivity index (χ0v) is 8.68. The third-order valence-corrected chi connectivity index (χ3v) is 2.40. The predicted molar refractivity (Wildman–Crippen MR) is 57.7 cm³/mol. The summed E-state index contributed by atoms with van der Waals surface area (Å²) in [6.45, 7) is 0. The summed E-state index contributed by atoms with van der Waals surface area (Å²) in [4.78, 5) is 3.87. The number of hydrogen-bond donors (Lipinski definition) is 1. The van der Waals surface area contributed by atoms with E-state index in [1.807, 2.05) is 0 Å². The lowest BCUT2D eigenvalue weighted by atomic mass is 10.2. The molecule has 3 nitrogen and oxygen atoms in total. The summed E-state index contributed by atoms with van der Waals surface area (Å²) in [6.07, 6.45) is 0. The smallest absolute Gasteiger partial charge is 0.152 e. The Bertz CT molecular complexity index is 530. The molecule has 0 saturated carbocycles. The summed E-state index contributed by atoms with van der Waals surface area (Å²) < 4.78 is 18.5. The highest BCUT2D eigenvalue weighted by molar-refractivity contribution is 6.32. The lowest BCUT2D eigenvalue weighted by Gasteiger charge is -2.07. The van der Waals surface area contributed by atoms with Crippen molar-refractivity contribution in [2.24, 2.45) is 0 Å². The minimum absolute atomic E-state index is 0.0923. The van der Waals surface area contributed by atoms with Crippen LogP contribution in [0.2, 0.25) is 5.15 Å². The van der Waals surface area contributed by atoms with Crippen molar-refractivity contribution in [1.82, 2.24) is 4.98 Å². The van der Waals surface area contributed by atoms with Crippen LogP contribution in [0.4, 0.5) is 10.1 Å². The number of pyridine rings is 1. The molecule has 0 fully saturated rings. The molecule has 2 rings (SSSR count). The average Bonchev–Trinajstić information content (AvgIpc) is 2.22. The molecule has 0 unspecified atom stereocenters. The molecule has 2 aromatic rings. The van der Waals surface area contributed by atoms with E-state index in [9.17, 15) is 4.39 Å². The first-order valence-electron chi connectivity index (χ1n) is 4.21. The number of aromatic nitrogens is 1. The van der Waals surface area contributed by atoms with Crippen LogP contribution in [-0.4, -0.2) is 12.1 Å². The highest BCUT2D eigenvalue weighted by Gasteiger charge is 2.10. The van der Waals surface area contributed by atoms with Crippen molar-refractivity contribution >= 4 is 28.2 Å². The highest BCUT2D eigenvalue weighted by atomic mass is 35.5. The summed E-state index contributed by atoms with van der Waals surface area (Å²) in [6, 6.07) is 4.35. The topological polar surface area (TPSA) is 48.1 Å². The Balaban J connectivity index is 2.88. The Kier molecular flexibility index (Phi) is 2.36. The summed E-state index contributed by atoms with van der Waals surface area (Å²) in [5.41, 5.74) is 6.05. The molecule has 1 heterocycles. The van der Waals surface area contributed by atoms with E-state index in [1.165, 1.54) is 19.2 Å². The number of fused-ring (bicyclic) bond motifs is 1. The molecule has 0 aliphatic heterocycles. The van der Waals surface area contributed by atoms with Crippen molar-refractivity contribution in [2.75, 3.05) is 12.8 Å². The second-order valence-electron chi connectivity index (χ2n) is 3.01. The van der Waals surface area contributed by atoms with Crippen LogP contribution in [0.3, 0.4) is 0 Å². The number of nitrogens with zero attached hydrogens (tertiary/aromatic N) is 1. The molecular formula is C10H8ClFN2O. The van der Waals surface area contributed by atoms with Crippen LogP contribution in [0.15, 0.2) is 18.2 Å². The number of hydrogen-bond acceptors (Lipinski definition) is 3. The minimum Gasteiger partial charge on any atom is -0.496 e. The monoisotopic (exact) mass is 226 g/mol. The molecule has 0 bridgehead atoms. The maximum absolute atomic E-state index is 13.4. The summed E-state index contributed by atoms with van der Waals surface area (Å²) >= 11 is 5.71. The molecule has 0 aliphatic carbocycles. The Labute approximate surface area is 90.6 Å². The van der Waals surface area contributed by atoms with Crippen LogP contribution in [-0.2, 0) is 0 Å². The van der Waals surface area contributed by atoms with Gasteiger partial charge in [-0.3, -0.25) is 0 Å². The van der Waals surface area contributed by atoms with Gasteiger partial charge in [0.15, 0.2) is 5.15 Å². The largest absolute Gasteiger partial charge is 0.496 e. The van der Waals surface area contributed by atoms with Gasteiger partial charge < -0.3 is 10.5 Å². The van der Waals surface area contributed by atoms with Crippen molar-refractivity contribution in [2.45, 2.75) is 0 Å². The molecule has 0 aliphatic rings. The first kappa shape index (κ1) is 9.98. The molecule has 0 spiro atoms. The van der Waals surface area contributed by atoms with E-state index >= 15 is 0 Å². The van der Waals surface area contributed by atoms with Crippen LogP contribution < -0.4 is 10.5 Å². The van der Waals surface area contributed by atoms with E-state index in [4.69, 9.17) is 22.1 Å². The van der Waals surface area contributed by atoms with Gasteiger partial charge in [0.25, 0.3) is 0 Å². The fraction of sp³-hybridized carbons (Fsp3) is 0.100. The first-order valence-corrected chi connectivity index (χ1v) is 4.59. The van der Waals surface area contributed by atoms with Gasteiger partial charge in [-0.2, -0.15) is 0 Å². The van der Waals surface area contributed by atoms with Crippen LogP contribution in [0.25, 0.3) is 10.9 Å². The second-order valence-corrected chi connectivity index (χ2v) is 3.37. The summed E-state index contributed by atoms with van der Waals surface area (Å²) in [5, 5.41) is 0.606. The maximum Gasteiger partial charge on any atom is 0.152 e. The predicted octanol–water partition coefficient (Wildman–Crippen LogP) is 2.62. The van der Waals surface area contributed by atoms with Gasteiger partial charge >= 0.3 is 0 Å². The van der Waals surface area contributed by atoms with Crippen molar-refractivity contribution in [3.8, 4) is 5.75 Å². The van der Waals surface area contributed by atoms with Crippen molar-refractivity contribution < 1.29 is 9.13 Å². The number of methoxy groups -OCH3 is 1. The van der Waals surface area contributed by atoms with E-state index in [1.54, 1.807) is 6.07 Å². The first-order chi connectivity index (χ1) is 7.13. The minimum atomic E-state index is -0.451. The van der Waals surface area contributed by atoms with Gasteiger partial charge in [-0.05, 0) is 18.2 Å². The van der Waals surface area contributed by atoms with Crippen LogP contribution in [0.1, 0.15) is 0 Å². The van der Waals surface area contributed by atoms with E-state index < -0.39 is 5.82 Å². The second kappa shape index (κ2) is 3.55. The molecule has 5 heteroatoms. The van der Waals surface area contributed by atoms with Gasteiger partial charge in [-0.1, -0.05) is 11.6 Å². The van der Waals surface area contributed by atoms with Crippen molar-refractivity contribution in [1.29, 1.82) is 0 Å². The lowest BCUT2D eigenvalue weighted by Crippen LogP contribution is -1.94. The SMILES string of the molecule is COc1ccc(F)c2nc(Cl)c(N)cc12. The van der Waals surface area contributed by atoms with Gasteiger partial charge in [-0.15, -0.1) is 0 Å². The zero-order chi connectivity index (χ0) is 11.0. The lowest BCUT2D eigenvalue weighted by molar-refractivity contribution is 0.419. The Morgan fingerprint density at radius 1 is 1.47 bits per heavy atom. The molecule has 2 N–H and O–H groups in total. The Hall–Kier alpha value is -1.55. The highest BCUT2D eigenvalue weighted by Crippen LogP contribution is 2.30. The van der Waals surface area contributed by atoms with Gasteiger partial charge in [0, 0.05) is 5.39 Å². The quantitative estimate of drug-likeness (QED) is 0.761. The normalized spacial score (nSPS) is 10.6. The molecule has 0 saturated heterocycles. The molecule has 0 radical (unpaired) electrons. The summed E-state index contributed by atoms with van der Waals surface area (Å²) in [5.74, 6) is 0.0648. The number of halogens is 2. The van der Waals surface area contributed by atoms with Crippen molar-refractivity contribution in [3.63, 3.8) is 0 Å². The van der Waals surface area contributed by atoms with Crippen LogP contribution >= 0.6 is 11.6 Å². The Morgan fingerprint density at radius 2 is 2.20 bits per heavy atom. The number of nitrogen functional groups attached to an aromatic ring is 1. The maximum atomic E-state index is 13.4. The molecule has 0 atom stereocenters. The number of nitrogens with two attached hydrogens (primary N) is 1. The van der Waals surface area contributed by atoms with Gasteiger partial charge in [0.05, 0.1) is 12.8 Å². The Morgan fingerprint density at radius 3 is 2.87 bits per heavy atom. The van der Waals surface area contributed by atoms with Crippen LogP contribution in [0, 0.1) is 5.82 Å². The van der Waals surface area contributed by atoms with Gasteiger partial charge in [-0.25, -0.2) is 9.37 Å². The zero-order valence-electron chi connectivity index (χ0n) is 7.92. The van der Waals surface area contributed by atoms with E-state index in [0.29, 0.717) is 16.8 Å². The van der Waals surface area contributed by atoms with Gasteiger partial charge in [0.1, 0.15) is 17.1 Å². The van der Waals surface area contributed by atoms with E-state index in [2.05, 4.69) is 4.98 Å². The fourth-order valence-electron chi connectivity index (χ4n) is 1.37. The standard InChI is InChI=1S/C10H8ClFN2O/c1-15-8-3-2-6(12)9-5(8)4-7(13)10(11)14-9/h2-4H,13H2,1H3. The third kappa shape index (κ3) is 1.57. The molecular weight excluding hydrogens is 219 g/mol. The van der Waals surface area contributed by atoms with Gasteiger partial charge in [0.2, 0.25) is 0 Å². The van der Waals surface area contributed by atoms with E-state index in [0.717, 1.165) is 0 Å². The number of rotatable bonds is 1. The average molecular weight is 227 g/mol. The third-order valence-electron chi connectivity index (χ3n) is 2.10. The summed E-state index contributed by atoms with van der Waals surface area (Å²) in [7, 11) is 1.50. The number of anilines is 1. The molecule has 78 valence electrons. The molecule has 15 heavy (non-hydrogen) atoms. The van der Waals surface area contributed by atoms with E-state index in [-0.39, 0.29) is 10.7 Å².